The van der Waals surface area contributed by atoms with Gasteiger partial charge in [-0.25, -0.2) is 4.79 Å². The van der Waals surface area contributed by atoms with Crippen LogP contribution >= 0.6 is 0 Å². The summed E-state index contributed by atoms with van der Waals surface area (Å²) in [6.45, 7) is 4.54. The second-order valence-corrected chi connectivity index (χ2v) is 10.5. The molecule has 4 rings (SSSR count). The number of rotatable bonds is 7. The topological polar surface area (TPSA) is 95.9 Å². The minimum Gasteiger partial charge on any atom is -0.481 e. The van der Waals surface area contributed by atoms with Crippen molar-refractivity contribution < 1.29 is 24.2 Å². The van der Waals surface area contributed by atoms with Crippen molar-refractivity contribution in [3.05, 3.63) is 59.7 Å². The molecule has 0 aromatic heterocycles. The molecule has 1 atom stereocenters. The highest BCUT2D eigenvalue weighted by molar-refractivity contribution is 5.89. The Bertz CT molecular complexity index is 1060. The van der Waals surface area contributed by atoms with Gasteiger partial charge < -0.3 is 20.1 Å². The smallest absolute Gasteiger partial charge is 0.407 e. The van der Waals surface area contributed by atoms with Crippen LogP contribution in [0.25, 0.3) is 11.1 Å². The number of hydrogen-bond donors (Lipinski definition) is 2. The molecule has 7 nitrogen and oxygen atoms in total. The summed E-state index contributed by atoms with van der Waals surface area (Å²) in [5.74, 6) is -1.67. The third-order valence-electron chi connectivity index (χ3n) is 7.52. The highest BCUT2D eigenvalue weighted by atomic mass is 16.5. The molecular weight excluding hydrogens is 444 g/mol. The van der Waals surface area contributed by atoms with Gasteiger partial charge in [0.15, 0.2) is 0 Å². The van der Waals surface area contributed by atoms with Crippen molar-refractivity contribution in [2.75, 3.05) is 13.7 Å². The molecule has 2 aromatic carbocycles. The summed E-state index contributed by atoms with van der Waals surface area (Å²) >= 11 is 0. The van der Waals surface area contributed by atoms with Crippen LogP contribution in [0.4, 0.5) is 4.79 Å². The molecule has 0 spiro atoms. The Kier molecular flexibility index (Phi) is 7.15. The summed E-state index contributed by atoms with van der Waals surface area (Å²) in [5, 5.41) is 11.9. The van der Waals surface area contributed by atoms with Gasteiger partial charge in [0.25, 0.3) is 0 Å². The van der Waals surface area contributed by atoms with Gasteiger partial charge in [0, 0.05) is 19.0 Å². The van der Waals surface area contributed by atoms with E-state index >= 15 is 0 Å². The zero-order chi connectivity index (χ0) is 25.2. The first-order valence-electron chi connectivity index (χ1n) is 12.3. The lowest BCUT2D eigenvalue weighted by molar-refractivity contribution is -0.143. The number of hydrogen-bond acceptors (Lipinski definition) is 4. The molecule has 2 aromatic rings. The van der Waals surface area contributed by atoms with E-state index in [2.05, 4.69) is 31.3 Å². The second-order valence-electron chi connectivity index (χ2n) is 10.5. The molecule has 0 radical (unpaired) electrons. The first kappa shape index (κ1) is 24.8. The van der Waals surface area contributed by atoms with Crippen LogP contribution < -0.4 is 5.32 Å². The van der Waals surface area contributed by atoms with Crippen molar-refractivity contribution in [2.24, 2.45) is 5.41 Å². The molecule has 2 aliphatic carbocycles. The van der Waals surface area contributed by atoms with Gasteiger partial charge in [-0.1, -0.05) is 62.4 Å². The lowest BCUT2D eigenvalue weighted by atomic mass is 9.75. The molecule has 0 aliphatic heterocycles. The molecule has 0 bridgehead atoms. The molecule has 1 unspecified atom stereocenters. The number of ether oxygens (including phenoxy) is 1. The highest BCUT2D eigenvalue weighted by Crippen LogP contribution is 2.44. The maximum Gasteiger partial charge on any atom is 0.407 e. The summed E-state index contributed by atoms with van der Waals surface area (Å²) in [6, 6.07) is 14.9. The van der Waals surface area contributed by atoms with Gasteiger partial charge in [0.05, 0.1) is 6.42 Å². The van der Waals surface area contributed by atoms with Crippen molar-refractivity contribution in [2.45, 2.75) is 64.0 Å². The third-order valence-corrected chi connectivity index (χ3v) is 7.52. The molecule has 0 heterocycles. The Morgan fingerprint density at radius 1 is 1.03 bits per heavy atom. The number of nitrogens with zero attached hydrogens (tertiary/aromatic N) is 1. The molecule has 2 amide bonds. The van der Waals surface area contributed by atoms with Crippen LogP contribution in [-0.2, 0) is 14.3 Å². The SMILES string of the molecule is CN(C(=O)C(CC(=O)O)NC(=O)OCC1c2ccccc2-c2ccccc21)C1CCC(C)(C)CC1. The van der Waals surface area contributed by atoms with E-state index in [1.165, 1.54) is 0 Å². The number of carbonyl (C=O) groups excluding carboxylic acids is 2. The van der Waals surface area contributed by atoms with E-state index < -0.39 is 30.4 Å². The summed E-state index contributed by atoms with van der Waals surface area (Å²) in [7, 11) is 1.69. The largest absolute Gasteiger partial charge is 0.481 e. The van der Waals surface area contributed by atoms with Crippen LogP contribution in [0.1, 0.15) is 63.0 Å². The summed E-state index contributed by atoms with van der Waals surface area (Å²) in [5.41, 5.74) is 4.65. The molecule has 1 saturated carbocycles. The Hall–Kier alpha value is -3.35. The predicted octanol–water partition coefficient (Wildman–Crippen LogP) is 4.80. The Morgan fingerprint density at radius 2 is 1.57 bits per heavy atom. The Morgan fingerprint density at radius 3 is 2.11 bits per heavy atom. The maximum atomic E-state index is 13.2. The minimum absolute atomic E-state index is 0.0381. The average Bonchev–Trinajstić information content (AvgIpc) is 3.15. The van der Waals surface area contributed by atoms with E-state index in [1.54, 1.807) is 11.9 Å². The van der Waals surface area contributed by atoms with E-state index in [9.17, 15) is 19.5 Å². The Balaban J connectivity index is 1.40. The minimum atomic E-state index is -1.18. The monoisotopic (exact) mass is 478 g/mol. The van der Waals surface area contributed by atoms with E-state index in [4.69, 9.17) is 4.74 Å². The van der Waals surface area contributed by atoms with Crippen molar-refractivity contribution in [3.8, 4) is 11.1 Å². The Labute approximate surface area is 206 Å². The zero-order valence-corrected chi connectivity index (χ0v) is 20.6. The molecule has 186 valence electrons. The first-order valence-corrected chi connectivity index (χ1v) is 12.3. The molecule has 7 heteroatoms. The molecule has 2 N–H and O–H groups in total. The molecular formula is C28H34N2O5. The van der Waals surface area contributed by atoms with Crippen molar-refractivity contribution in [3.63, 3.8) is 0 Å². The number of nitrogens with one attached hydrogen (secondary N) is 1. The number of amides is 2. The maximum absolute atomic E-state index is 13.2. The second kappa shape index (κ2) is 10.1. The quantitative estimate of drug-likeness (QED) is 0.596. The lowest BCUT2D eigenvalue weighted by Gasteiger charge is -2.39. The summed E-state index contributed by atoms with van der Waals surface area (Å²) in [6.07, 6.45) is 2.44. The number of carboxylic acids is 1. The molecule has 0 saturated heterocycles. The highest BCUT2D eigenvalue weighted by Gasteiger charge is 2.35. The van der Waals surface area contributed by atoms with Gasteiger partial charge in [-0.3, -0.25) is 9.59 Å². The van der Waals surface area contributed by atoms with Crippen LogP contribution in [0.2, 0.25) is 0 Å². The number of likely N-dealkylation sites (N-methyl/N-ethyl adjacent to an activating group) is 1. The number of carboxylic acid groups (broad SMARTS) is 1. The van der Waals surface area contributed by atoms with Gasteiger partial charge in [0.2, 0.25) is 5.91 Å². The number of aliphatic carboxylic acids is 1. The summed E-state index contributed by atoms with van der Waals surface area (Å²) in [4.78, 5) is 38.9. The van der Waals surface area contributed by atoms with E-state index in [1.807, 2.05) is 36.4 Å². The van der Waals surface area contributed by atoms with Gasteiger partial charge in [-0.2, -0.15) is 0 Å². The molecule has 1 fully saturated rings. The van der Waals surface area contributed by atoms with E-state index in [0.717, 1.165) is 47.9 Å². The molecule has 2 aliphatic rings. The average molecular weight is 479 g/mol. The number of fused-ring (bicyclic) bond motifs is 3. The first-order chi connectivity index (χ1) is 16.7. The predicted molar refractivity (Wildman–Crippen MR) is 133 cm³/mol. The van der Waals surface area contributed by atoms with E-state index in [-0.39, 0.29) is 24.0 Å². The fourth-order valence-corrected chi connectivity index (χ4v) is 5.35. The van der Waals surface area contributed by atoms with Crippen LogP contribution in [-0.4, -0.2) is 53.7 Å². The lowest BCUT2D eigenvalue weighted by Crippen LogP contribution is -2.52. The standard InChI is InChI=1S/C28H34N2O5/c1-28(2)14-12-18(13-15-28)30(3)26(33)24(16-25(31)32)29-27(34)35-17-23-21-10-6-4-8-19(21)20-9-5-7-11-22(20)23/h4-11,18,23-24H,12-17H2,1-3H3,(H,29,34)(H,31,32). The third kappa shape index (κ3) is 5.50. The fraction of sp³-hybridized carbons (Fsp3) is 0.464. The normalized spacial score (nSPS) is 17.7. The van der Waals surface area contributed by atoms with Gasteiger partial charge in [0.1, 0.15) is 12.6 Å². The van der Waals surface area contributed by atoms with Crippen LogP contribution in [0.15, 0.2) is 48.5 Å². The number of carbonyl (C=O) groups is 3. The van der Waals surface area contributed by atoms with Crippen LogP contribution in [0.3, 0.4) is 0 Å². The summed E-state index contributed by atoms with van der Waals surface area (Å²) < 4.78 is 5.54. The fourth-order valence-electron chi connectivity index (χ4n) is 5.35. The van der Waals surface area contributed by atoms with Crippen LogP contribution in [0, 0.1) is 5.41 Å². The van der Waals surface area contributed by atoms with Gasteiger partial charge >= 0.3 is 12.1 Å². The van der Waals surface area contributed by atoms with Crippen molar-refractivity contribution >= 4 is 18.0 Å². The van der Waals surface area contributed by atoms with Crippen molar-refractivity contribution in [1.29, 1.82) is 0 Å². The van der Waals surface area contributed by atoms with Gasteiger partial charge in [-0.15, -0.1) is 0 Å². The number of alkyl carbamates (subject to hydrolysis) is 1. The van der Waals surface area contributed by atoms with Crippen LogP contribution in [0.5, 0.6) is 0 Å². The van der Waals surface area contributed by atoms with Crippen molar-refractivity contribution in [1.82, 2.24) is 10.2 Å². The zero-order valence-electron chi connectivity index (χ0n) is 20.6. The van der Waals surface area contributed by atoms with E-state index in [0.29, 0.717) is 0 Å². The van der Waals surface area contributed by atoms with Gasteiger partial charge in [-0.05, 0) is 53.4 Å². The number of benzene rings is 2. The molecule has 35 heavy (non-hydrogen) atoms.